The fourth-order valence-electron chi connectivity index (χ4n) is 9.42. The molecule has 9 nitrogen and oxygen atoms in total. The van der Waals surface area contributed by atoms with Crippen LogP contribution in [0.15, 0.2) is 182 Å². The minimum absolute atomic E-state index is 0.0214. The van der Waals surface area contributed by atoms with Crippen molar-refractivity contribution in [1.82, 2.24) is 0 Å². The number of hydrogen-bond donors (Lipinski definition) is 1. The molecule has 0 aliphatic heterocycles. The molecule has 2 atom stereocenters. The second-order valence-corrected chi connectivity index (χ2v) is 26.3. The van der Waals surface area contributed by atoms with E-state index in [2.05, 4.69) is 196 Å². The molecule has 10 heteroatoms. The Morgan fingerprint density at radius 1 is 0.337 bits per heavy atom. The molecular weight excluding hydrogens is 1160 g/mol. The van der Waals surface area contributed by atoms with E-state index in [1.54, 1.807) is 0 Å². The van der Waals surface area contributed by atoms with Crippen LogP contribution in [-0.4, -0.2) is 74.9 Å². The Bertz CT molecular complexity index is 2210. The van der Waals surface area contributed by atoms with Crippen LogP contribution in [0.25, 0.3) is 0 Å². The summed E-state index contributed by atoms with van der Waals surface area (Å²) in [7, 11) is 1.45. The van der Waals surface area contributed by atoms with Crippen LogP contribution in [0.4, 0.5) is 0 Å². The molecule has 0 saturated heterocycles. The number of esters is 2. The Kier molecular flexibility index (Phi) is 66.7. The molecule has 0 fully saturated rings. The molecule has 2 unspecified atom stereocenters. The van der Waals surface area contributed by atoms with Crippen LogP contribution in [0, 0.1) is 0 Å². The van der Waals surface area contributed by atoms with E-state index in [4.69, 9.17) is 18.5 Å². The number of likely N-dealkylation sites (N-methyl/N-ethyl adjacent to an activating group) is 1. The molecule has 0 spiro atoms. The van der Waals surface area contributed by atoms with Gasteiger partial charge in [0, 0.05) is 12.8 Å². The Morgan fingerprint density at radius 3 is 0.870 bits per heavy atom. The molecule has 0 aromatic heterocycles. The fraction of sp³-hybridized carbons (Fsp3) is 0.610. The number of carbonyl (C=O) groups is 2. The standard InChI is InChI=1S/C82H134NO8P/c1-6-8-10-12-14-16-18-20-22-24-26-28-30-32-34-36-38-40-41-43-45-47-49-51-53-55-57-59-61-63-65-67-69-71-73-75-82(85)91-80(79-90-92(86,87)89-77-76-83(3,4)5)78-88-81(84)74-72-70-68-66-64-62-60-58-56-54-52-50-48-46-44-42-39-37-35-33-31-29-27-25-23-21-19-17-15-13-11-9-7-2/h8-11,14-17,20-23,26-29,32-35,38-40,42-43,45-46,48-49,51,80H,6-7,12-13,18-19,24-25,30-31,36-37,41,44,47,50,52-79H2,1-5H3/p+1/b10-8-,11-9-,16-14-,17-15-,22-20-,23-21-,28-26-,29-27-,34-32-,35-33-,40-38-,42-39-,45-43-,48-46-,51-49-. The summed E-state index contributed by atoms with van der Waals surface area (Å²) in [6.45, 7) is 4.19. The van der Waals surface area contributed by atoms with E-state index < -0.39 is 26.5 Å². The summed E-state index contributed by atoms with van der Waals surface area (Å²) in [6, 6.07) is 0. The normalized spacial score (nSPS) is 14.2. The van der Waals surface area contributed by atoms with Crippen molar-refractivity contribution >= 4 is 19.8 Å². The van der Waals surface area contributed by atoms with Gasteiger partial charge in [-0.25, -0.2) is 4.57 Å². The third kappa shape index (κ3) is 74.2. The van der Waals surface area contributed by atoms with Gasteiger partial charge in [-0.1, -0.05) is 305 Å². The molecule has 0 aromatic carbocycles. The van der Waals surface area contributed by atoms with Crippen LogP contribution in [0.5, 0.6) is 0 Å². The molecule has 0 amide bonds. The number of hydrogen-bond acceptors (Lipinski definition) is 7. The first-order chi connectivity index (χ1) is 45.0. The van der Waals surface area contributed by atoms with E-state index in [0.717, 1.165) is 154 Å². The van der Waals surface area contributed by atoms with Crippen molar-refractivity contribution in [3.63, 3.8) is 0 Å². The van der Waals surface area contributed by atoms with Gasteiger partial charge in [0.1, 0.15) is 19.8 Å². The second kappa shape index (κ2) is 70.4. The Balaban J connectivity index is 4.12. The molecular formula is C82H135NO8P+. The fourth-order valence-corrected chi connectivity index (χ4v) is 10.2. The third-order valence-electron chi connectivity index (χ3n) is 14.9. The number of carbonyl (C=O) groups excluding carboxylic acids is 2. The SMILES string of the molecule is CC/C=C\C/C=C\C/C=C\C/C=C\C/C=C\C/C=C\C/C=C\C/C=C\CCCCCCCCCCCCC(=O)OC(COC(=O)CCCCCCCCCCCCC/C=C\C/C=C\C/C=C\C/C=C\C/C=C\C/C=C\C/C=C\CC)COP(=O)(O)OCC[N+](C)(C)C. The maximum absolute atomic E-state index is 12.9. The number of phosphoric ester groups is 1. The van der Waals surface area contributed by atoms with Crippen LogP contribution in [-0.2, 0) is 32.7 Å². The number of ether oxygens (including phenoxy) is 2. The number of nitrogens with zero attached hydrogens (tertiary/aromatic N) is 1. The minimum atomic E-state index is -4.41. The smallest absolute Gasteiger partial charge is 0.462 e. The van der Waals surface area contributed by atoms with Crippen LogP contribution < -0.4 is 0 Å². The zero-order chi connectivity index (χ0) is 66.9. The zero-order valence-corrected chi connectivity index (χ0v) is 60.1. The number of rotatable bonds is 65. The van der Waals surface area contributed by atoms with Gasteiger partial charge >= 0.3 is 19.8 Å². The third-order valence-corrected chi connectivity index (χ3v) is 15.9. The van der Waals surface area contributed by atoms with E-state index in [1.807, 2.05) is 21.1 Å². The van der Waals surface area contributed by atoms with Crippen LogP contribution in [0.2, 0.25) is 0 Å². The first-order valence-electron chi connectivity index (χ1n) is 36.5. The second-order valence-electron chi connectivity index (χ2n) is 24.9. The van der Waals surface area contributed by atoms with E-state index >= 15 is 0 Å². The van der Waals surface area contributed by atoms with Gasteiger partial charge < -0.3 is 18.9 Å². The van der Waals surface area contributed by atoms with Crippen LogP contribution in [0.1, 0.15) is 271 Å². The van der Waals surface area contributed by atoms with E-state index in [1.165, 1.54) is 83.5 Å². The molecule has 520 valence electrons. The topological polar surface area (TPSA) is 108 Å². The lowest BCUT2D eigenvalue weighted by Crippen LogP contribution is -2.37. The lowest BCUT2D eigenvalue weighted by Gasteiger charge is -2.24. The summed E-state index contributed by atoms with van der Waals surface area (Å²) in [6.07, 6.45) is 108. The van der Waals surface area contributed by atoms with Crippen molar-refractivity contribution in [3.05, 3.63) is 182 Å². The predicted molar refractivity (Wildman–Crippen MR) is 399 cm³/mol. The lowest BCUT2D eigenvalue weighted by atomic mass is 10.0. The largest absolute Gasteiger partial charge is 0.472 e. The van der Waals surface area contributed by atoms with Gasteiger partial charge in [0.05, 0.1) is 27.7 Å². The van der Waals surface area contributed by atoms with E-state index in [9.17, 15) is 19.0 Å². The number of quaternary nitrogens is 1. The summed E-state index contributed by atoms with van der Waals surface area (Å²) < 4.78 is 34.7. The highest BCUT2D eigenvalue weighted by Crippen LogP contribution is 2.43. The van der Waals surface area contributed by atoms with Crippen LogP contribution >= 0.6 is 7.82 Å². The summed E-state index contributed by atoms with van der Waals surface area (Å²) in [5.74, 6) is -0.814. The van der Waals surface area contributed by atoms with Crippen molar-refractivity contribution in [1.29, 1.82) is 0 Å². The Labute approximate surface area is 565 Å². The molecule has 0 aliphatic carbocycles. The van der Waals surface area contributed by atoms with Gasteiger partial charge in [0.15, 0.2) is 6.10 Å². The maximum atomic E-state index is 12.9. The molecule has 1 N–H and O–H groups in total. The van der Waals surface area contributed by atoms with Gasteiger partial charge in [0.2, 0.25) is 0 Å². The quantitative estimate of drug-likeness (QED) is 0.0211. The molecule has 0 rings (SSSR count). The van der Waals surface area contributed by atoms with Crippen molar-refractivity contribution in [2.24, 2.45) is 0 Å². The highest BCUT2D eigenvalue weighted by atomic mass is 31.2. The summed E-state index contributed by atoms with van der Waals surface area (Å²) in [5.41, 5.74) is 0. The van der Waals surface area contributed by atoms with Gasteiger partial charge in [-0.2, -0.15) is 0 Å². The van der Waals surface area contributed by atoms with Crippen molar-refractivity contribution in [3.8, 4) is 0 Å². The zero-order valence-electron chi connectivity index (χ0n) is 59.2. The maximum Gasteiger partial charge on any atom is 0.472 e. The van der Waals surface area contributed by atoms with Gasteiger partial charge in [-0.05, 0) is 135 Å². The van der Waals surface area contributed by atoms with Crippen LogP contribution in [0.3, 0.4) is 0 Å². The van der Waals surface area contributed by atoms with Crippen molar-refractivity contribution < 1.29 is 42.1 Å². The first kappa shape index (κ1) is 87.1. The molecule has 0 bridgehead atoms. The summed E-state index contributed by atoms with van der Waals surface area (Å²) in [5, 5.41) is 0. The summed E-state index contributed by atoms with van der Waals surface area (Å²) >= 11 is 0. The lowest BCUT2D eigenvalue weighted by molar-refractivity contribution is -0.870. The predicted octanol–water partition coefficient (Wildman–Crippen LogP) is 24.3. The average Bonchev–Trinajstić information content (AvgIpc) is 2.14. The highest BCUT2D eigenvalue weighted by Gasteiger charge is 2.27. The van der Waals surface area contributed by atoms with Gasteiger partial charge in [-0.15, -0.1) is 0 Å². The average molecular weight is 1290 g/mol. The van der Waals surface area contributed by atoms with E-state index in [-0.39, 0.29) is 32.0 Å². The van der Waals surface area contributed by atoms with Gasteiger partial charge in [-0.3, -0.25) is 18.6 Å². The molecule has 0 aliphatic rings. The summed E-state index contributed by atoms with van der Waals surface area (Å²) in [4.78, 5) is 35.9. The molecule has 0 saturated carbocycles. The van der Waals surface area contributed by atoms with Crippen molar-refractivity contribution in [2.45, 2.75) is 277 Å². The monoisotopic (exact) mass is 1290 g/mol. The Morgan fingerprint density at radius 2 is 0.587 bits per heavy atom. The van der Waals surface area contributed by atoms with Crippen molar-refractivity contribution in [2.75, 3.05) is 47.5 Å². The number of unbranched alkanes of at least 4 members (excludes halogenated alkanes) is 21. The number of allylic oxidation sites excluding steroid dienone is 30. The molecule has 0 radical (unpaired) electrons. The van der Waals surface area contributed by atoms with E-state index in [0.29, 0.717) is 17.4 Å². The Hall–Kier alpha value is -4.89. The highest BCUT2D eigenvalue weighted by molar-refractivity contribution is 7.47. The molecule has 92 heavy (non-hydrogen) atoms. The molecule has 0 aromatic rings. The minimum Gasteiger partial charge on any atom is -0.462 e. The number of phosphoric acid groups is 1. The first-order valence-corrected chi connectivity index (χ1v) is 38.0. The molecule has 0 heterocycles. The van der Waals surface area contributed by atoms with Gasteiger partial charge in [0.25, 0.3) is 0 Å².